The average molecular weight is 399 g/mol. The predicted octanol–water partition coefficient (Wildman–Crippen LogP) is 4.67. The first-order valence-electron chi connectivity index (χ1n) is 4.91. The minimum Gasteiger partial charge on any atom is -0.355 e. The Hall–Kier alpha value is -1.06. The van der Waals surface area contributed by atoms with Gasteiger partial charge in [0.25, 0.3) is 0 Å². The van der Waals surface area contributed by atoms with Crippen molar-refractivity contribution in [2.24, 2.45) is 0 Å². The van der Waals surface area contributed by atoms with Crippen molar-refractivity contribution in [3.05, 3.63) is 56.1 Å². The molecule has 0 aliphatic rings. The van der Waals surface area contributed by atoms with E-state index in [2.05, 4.69) is 49.9 Å². The van der Waals surface area contributed by atoms with Crippen LogP contribution in [0.2, 0.25) is 0 Å². The maximum Gasteiger partial charge on any atom is 0.100 e. The minimum absolute atomic E-state index is 0.637. The SMILES string of the molecule is N#Cc1ccc(Nc2ccc(I)cc2)cc1Br. The number of halogens is 2. The smallest absolute Gasteiger partial charge is 0.100 e. The van der Waals surface area contributed by atoms with Crippen LogP contribution in [-0.2, 0) is 0 Å². The maximum atomic E-state index is 8.83. The van der Waals surface area contributed by atoms with Crippen molar-refractivity contribution < 1.29 is 0 Å². The van der Waals surface area contributed by atoms with E-state index in [1.807, 2.05) is 36.4 Å². The van der Waals surface area contributed by atoms with Crippen LogP contribution in [0.3, 0.4) is 0 Å². The Balaban J connectivity index is 2.22. The van der Waals surface area contributed by atoms with Gasteiger partial charge in [-0.2, -0.15) is 5.26 Å². The average Bonchev–Trinajstić information content (AvgIpc) is 2.32. The lowest BCUT2D eigenvalue weighted by Gasteiger charge is -2.07. The molecule has 2 rings (SSSR count). The molecule has 0 aromatic heterocycles. The molecule has 2 aromatic carbocycles. The van der Waals surface area contributed by atoms with E-state index in [-0.39, 0.29) is 0 Å². The summed E-state index contributed by atoms with van der Waals surface area (Å²) < 4.78 is 2.00. The van der Waals surface area contributed by atoms with Crippen LogP contribution in [0.1, 0.15) is 5.56 Å². The highest BCUT2D eigenvalue weighted by Gasteiger charge is 2.00. The number of hydrogen-bond donors (Lipinski definition) is 1. The minimum atomic E-state index is 0.637. The molecule has 0 aliphatic heterocycles. The summed E-state index contributed by atoms with van der Waals surface area (Å²) in [4.78, 5) is 0. The predicted molar refractivity (Wildman–Crippen MR) is 81.3 cm³/mol. The van der Waals surface area contributed by atoms with Crippen LogP contribution in [-0.4, -0.2) is 0 Å². The van der Waals surface area contributed by atoms with Gasteiger partial charge in [-0.05, 0) is 81.0 Å². The summed E-state index contributed by atoms with van der Waals surface area (Å²) in [6.07, 6.45) is 0. The molecule has 0 saturated heterocycles. The van der Waals surface area contributed by atoms with Gasteiger partial charge in [0.15, 0.2) is 0 Å². The summed E-state index contributed by atoms with van der Waals surface area (Å²) in [5, 5.41) is 12.1. The Labute approximate surface area is 122 Å². The number of benzene rings is 2. The molecular formula is C13H8BrIN2. The summed E-state index contributed by atoms with van der Waals surface area (Å²) in [7, 11) is 0. The summed E-state index contributed by atoms with van der Waals surface area (Å²) in [5.41, 5.74) is 2.62. The number of anilines is 2. The van der Waals surface area contributed by atoms with Gasteiger partial charge in [0.2, 0.25) is 0 Å². The molecular weight excluding hydrogens is 391 g/mol. The Morgan fingerprint density at radius 3 is 2.29 bits per heavy atom. The second-order valence-corrected chi connectivity index (χ2v) is 5.54. The van der Waals surface area contributed by atoms with Gasteiger partial charge >= 0.3 is 0 Å². The molecule has 0 heterocycles. The van der Waals surface area contributed by atoms with E-state index in [1.54, 1.807) is 6.07 Å². The summed E-state index contributed by atoms with van der Waals surface area (Å²) >= 11 is 5.64. The summed E-state index contributed by atoms with van der Waals surface area (Å²) in [6, 6.07) is 15.8. The molecule has 0 radical (unpaired) electrons. The second kappa shape index (κ2) is 5.52. The zero-order valence-corrected chi connectivity index (χ0v) is 12.5. The number of nitrogens with one attached hydrogen (secondary N) is 1. The first-order chi connectivity index (χ1) is 8.19. The first-order valence-corrected chi connectivity index (χ1v) is 6.78. The summed E-state index contributed by atoms with van der Waals surface area (Å²) in [5.74, 6) is 0. The molecule has 0 bridgehead atoms. The molecule has 0 fully saturated rings. The maximum absolute atomic E-state index is 8.83. The van der Waals surface area contributed by atoms with Crippen LogP contribution in [0.4, 0.5) is 11.4 Å². The Kier molecular flexibility index (Phi) is 4.02. The largest absolute Gasteiger partial charge is 0.355 e. The first kappa shape index (κ1) is 12.4. The fraction of sp³-hybridized carbons (Fsp3) is 0. The van der Waals surface area contributed by atoms with E-state index in [0.29, 0.717) is 5.56 Å². The van der Waals surface area contributed by atoms with Crippen LogP contribution in [0.15, 0.2) is 46.9 Å². The van der Waals surface area contributed by atoms with Gasteiger partial charge < -0.3 is 5.32 Å². The zero-order valence-electron chi connectivity index (χ0n) is 8.74. The standard InChI is InChI=1S/C13H8BrIN2/c14-13-7-12(4-1-9(13)8-16)17-11-5-2-10(15)3-6-11/h1-7,17H. The van der Waals surface area contributed by atoms with Gasteiger partial charge in [-0.15, -0.1) is 0 Å². The molecule has 2 nitrogen and oxygen atoms in total. The van der Waals surface area contributed by atoms with Crippen molar-refractivity contribution in [3.8, 4) is 6.07 Å². The summed E-state index contributed by atoms with van der Waals surface area (Å²) in [6.45, 7) is 0. The number of nitrogens with zero attached hydrogens (tertiary/aromatic N) is 1. The van der Waals surface area contributed by atoms with Gasteiger partial charge in [0.1, 0.15) is 6.07 Å². The van der Waals surface area contributed by atoms with Crippen molar-refractivity contribution in [1.82, 2.24) is 0 Å². The third-order valence-electron chi connectivity index (χ3n) is 2.22. The van der Waals surface area contributed by atoms with Crippen molar-refractivity contribution in [2.45, 2.75) is 0 Å². The van der Waals surface area contributed by atoms with Crippen molar-refractivity contribution in [1.29, 1.82) is 5.26 Å². The van der Waals surface area contributed by atoms with Crippen molar-refractivity contribution in [2.75, 3.05) is 5.32 Å². The van der Waals surface area contributed by atoms with Gasteiger partial charge in [0.05, 0.1) is 5.56 Å². The lowest BCUT2D eigenvalue weighted by molar-refractivity contribution is 1.45. The second-order valence-electron chi connectivity index (χ2n) is 3.44. The Morgan fingerprint density at radius 1 is 1.06 bits per heavy atom. The van der Waals surface area contributed by atoms with E-state index < -0.39 is 0 Å². The molecule has 1 N–H and O–H groups in total. The van der Waals surface area contributed by atoms with E-state index >= 15 is 0 Å². The molecule has 17 heavy (non-hydrogen) atoms. The normalized spacial score (nSPS) is 9.71. The lowest BCUT2D eigenvalue weighted by Crippen LogP contribution is -1.90. The highest BCUT2D eigenvalue weighted by molar-refractivity contribution is 14.1. The Bertz CT molecular complexity index is 573. The van der Waals surface area contributed by atoms with Crippen LogP contribution in [0.25, 0.3) is 0 Å². The molecule has 0 spiro atoms. The molecule has 84 valence electrons. The number of rotatable bonds is 2. The van der Waals surface area contributed by atoms with E-state index in [9.17, 15) is 0 Å². The van der Waals surface area contributed by atoms with Crippen LogP contribution >= 0.6 is 38.5 Å². The molecule has 4 heteroatoms. The van der Waals surface area contributed by atoms with Crippen molar-refractivity contribution >= 4 is 49.9 Å². The number of hydrogen-bond acceptors (Lipinski definition) is 2. The fourth-order valence-electron chi connectivity index (χ4n) is 1.38. The Morgan fingerprint density at radius 2 is 1.71 bits per heavy atom. The molecule has 0 amide bonds. The van der Waals surface area contributed by atoms with Gasteiger partial charge in [-0.1, -0.05) is 0 Å². The van der Waals surface area contributed by atoms with Gasteiger partial charge in [-0.3, -0.25) is 0 Å². The number of nitriles is 1. The van der Waals surface area contributed by atoms with Crippen LogP contribution in [0.5, 0.6) is 0 Å². The molecule has 0 aliphatic carbocycles. The molecule has 2 aromatic rings. The van der Waals surface area contributed by atoms with Gasteiger partial charge in [-0.25, -0.2) is 0 Å². The molecule has 0 atom stereocenters. The highest BCUT2D eigenvalue weighted by Crippen LogP contribution is 2.24. The van der Waals surface area contributed by atoms with E-state index in [1.165, 1.54) is 3.57 Å². The zero-order chi connectivity index (χ0) is 12.3. The fourth-order valence-corrected chi connectivity index (χ4v) is 2.21. The lowest BCUT2D eigenvalue weighted by atomic mass is 10.2. The topological polar surface area (TPSA) is 35.8 Å². The van der Waals surface area contributed by atoms with Crippen molar-refractivity contribution in [3.63, 3.8) is 0 Å². The molecule has 0 unspecified atom stereocenters. The van der Waals surface area contributed by atoms with E-state index in [0.717, 1.165) is 15.8 Å². The van der Waals surface area contributed by atoms with Crippen LogP contribution < -0.4 is 5.32 Å². The molecule has 0 saturated carbocycles. The monoisotopic (exact) mass is 398 g/mol. The highest BCUT2D eigenvalue weighted by atomic mass is 127. The van der Waals surface area contributed by atoms with Crippen LogP contribution in [0, 0.1) is 14.9 Å². The van der Waals surface area contributed by atoms with Gasteiger partial charge in [0, 0.05) is 19.4 Å². The quantitative estimate of drug-likeness (QED) is 0.746. The third kappa shape index (κ3) is 3.20. The third-order valence-corrected chi connectivity index (χ3v) is 3.60. The van der Waals surface area contributed by atoms with E-state index in [4.69, 9.17) is 5.26 Å².